The molecule has 0 saturated carbocycles. The summed E-state index contributed by atoms with van der Waals surface area (Å²) in [5.74, 6) is -0.334. The Kier molecular flexibility index (Phi) is 8.36. The van der Waals surface area contributed by atoms with Gasteiger partial charge in [0.2, 0.25) is 0 Å². The zero-order valence-electron chi connectivity index (χ0n) is 19.0. The maximum Gasteiger partial charge on any atom is 0.338 e. The maximum absolute atomic E-state index is 12.6. The van der Waals surface area contributed by atoms with Gasteiger partial charge >= 0.3 is 5.97 Å². The first-order valence-electron chi connectivity index (χ1n) is 10.9. The van der Waals surface area contributed by atoms with Crippen molar-refractivity contribution in [1.29, 1.82) is 0 Å². The van der Waals surface area contributed by atoms with Crippen molar-refractivity contribution in [3.05, 3.63) is 63.7 Å². The third-order valence-corrected chi connectivity index (χ3v) is 5.58. The van der Waals surface area contributed by atoms with E-state index in [0.29, 0.717) is 54.9 Å². The predicted molar refractivity (Wildman–Crippen MR) is 131 cm³/mol. The predicted octanol–water partition coefficient (Wildman–Crippen LogP) is 3.01. The molecule has 0 unspecified atom stereocenters. The Bertz CT molecular complexity index is 1080. The Balaban J connectivity index is 1.63. The van der Waals surface area contributed by atoms with Crippen LogP contribution in [0.15, 0.2) is 42.5 Å². The van der Waals surface area contributed by atoms with Crippen molar-refractivity contribution in [2.24, 2.45) is 0 Å². The molecule has 1 N–H and O–H groups in total. The number of rotatable bonds is 7. The molecule has 10 nitrogen and oxygen atoms in total. The molecule has 1 saturated heterocycles. The maximum atomic E-state index is 12.6. The highest BCUT2D eigenvalue weighted by molar-refractivity contribution is 7.80. The second-order valence-electron chi connectivity index (χ2n) is 7.38. The van der Waals surface area contributed by atoms with Crippen LogP contribution in [0.25, 0.3) is 0 Å². The summed E-state index contributed by atoms with van der Waals surface area (Å²) in [6, 6.07) is 11.2. The van der Waals surface area contributed by atoms with E-state index in [2.05, 4.69) is 5.32 Å². The van der Waals surface area contributed by atoms with Crippen LogP contribution in [0.4, 0.5) is 11.4 Å². The van der Waals surface area contributed by atoms with Gasteiger partial charge in [-0.1, -0.05) is 6.07 Å². The fourth-order valence-corrected chi connectivity index (χ4v) is 3.85. The summed E-state index contributed by atoms with van der Waals surface area (Å²) in [6.07, 6.45) is 0. The monoisotopic (exact) mass is 486 g/mol. The van der Waals surface area contributed by atoms with E-state index in [4.69, 9.17) is 21.7 Å². The van der Waals surface area contributed by atoms with E-state index in [1.54, 1.807) is 37.3 Å². The number of anilines is 1. The van der Waals surface area contributed by atoms with E-state index in [0.717, 1.165) is 0 Å². The highest BCUT2D eigenvalue weighted by Crippen LogP contribution is 2.30. The van der Waals surface area contributed by atoms with Gasteiger partial charge in [-0.15, -0.1) is 0 Å². The van der Waals surface area contributed by atoms with Gasteiger partial charge in [-0.25, -0.2) is 4.79 Å². The second-order valence-corrected chi connectivity index (χ2v) is 7.76. The molecule has 0 spiro atoms. The molecule has 1 fully saturated rings. The van der Waals surface area contributed by atoms with Crippen LogP contribution in [0.1, 0.15) is 34.6 Å². The third-order valence-electron chi connectivity index (χ3n) is 5.22. The molecule has 0 aromatic heterocycles. The average molecular weight is 487 g/mol. The molecule has 3 rings (SSSR count). The molecule has 2 aromatic carbocycles. The van der Waals surface area contributed by atoms with Crippen LogP contribution < -0.4 is 15.0 Å². The molecule has 0 radical (unpaired) electrons. The Morgan fingerprint density at radius 3 is 2.44 bits per heavy atom. The number of hydrogen-bond donors (Lipinski definition) is 1. The van der Waals surface area contributed by atoms with Crippen LogP contribution in [0.2, 0.25) is 0 Å². The lowest BCUT2D eigenvalue weighted by molar-refractivity contribution is -0.384. The standard InChI is InChI=1S/C23H26N4O6S/c1-3-32-18-7-5-6-16(14-18)21(28)24-23(34)26-12-10-25(11-13-26)19-9-8-17(22(29)33-4-2)15-20(19)27(30)31/h5-9,14-15H,3-4,10-13H2,1-2H3,(H,24,28,34). The summed E-state index contributed by atoms with van der Waals surface area (Å²) < 4.78 is 10.4. The fraction of sp³-hybridized carbons (Fsp3) is 0.348. The molecule has 1 aliphatic rings. The van der Waals surface area contributed by atoms with Crippen LogP contribution in [-0.2, 0) is 4.74 Å². The van der Waals surface area contributed by atoms with Crippen molar-refractivity contribution in [3.8, 4) is 5.75 Å². The van der Waals surface area contributed by atoms with Gasteiger partial charge in [0.05, 0.1) is 23.7 Å². The Morgan fingerprint density at radius 1 is 1.06 bits per heavy atom. The molecule has 2 aromatic rings. The van der Waals surface area contributed by atoms with Crippen LogP contribution in [-0.4, -0.2) is 66.2 Å². The van der Waals surface area contributed by atoms with E-state index in [9.17, 15) is 19.7 Å². The number of esters is 1. The van der Waals surface area contributed by atoms with E-state index in [1.165, 1.54) is 12.1 Å². The minimum absolute atomic E-state index is 0.133. The average Bonchev–Trinajstić information content (AvgIpc) is 2.84. The normalized spacial score (nSPS) is 13.2. The van der Waals surface area contributed by atoms with Gasteiger partial charge < -0.3 is 19.3 Å². The van der Waals surface area contributed by atoms with Gasteiger partial charge in [0, 0.05) is 37.8 Å². The first kappa shape index (κ1) is 24.9. The number of hydrogen-bond acceptors (Lipinski definition) is 8. The number of ether oxygens (including phenoxy) is 2. The van der Waals surface area contributed by atoms with Crippen LogP contribution >= 0.6 is 12.2 Å². The lowest BCUT2D eigenvalue weighted by Crippen LogP contribution is -2.52. The quantitative estimate of drug-likeness (QED) is 0.273. The summed E-state index contributed by atoms with van der Waals surface area (Å²) in [6.45, 7) is 6.06. The summed E-state index contributed by atoms with van der Waals surface area (Å²) in [7, 11) is 0. The molecule has 0 atom stereocenters. The Labute approximate surface area is 202 Å². The summed E-state index contributed by atoms with van der Waals surface area (Å²) in [4.78, 5) is 39.4. The summed E-state index contributed by atoms with van der Waals surface area (Å²) >= 11 is 5.41. The number of benzene rings is 2. The van der Waals surface area contributed by atoms with Crippen molar-refractivity contribution < 1.29 is 24.0 Å². The minimum atomic E-state index is -0.602. The van der Waals surface area contributed by atoms with Gasteiger partial charge in [-0.2, -0.15) is 0 Å². The van der Waals surface area contributed by atoms with Gasteiger partial charge in [0.1, 0.15) is 11.4 Å². The van der Waals surface area contributed by atoms with Crippen LogP contribution in [0.5, 0.6) is 5.75 Å². The van der Waals surface area contributed by atoms with Crippen LogP contribution in [0.3, 0.4) is 0 Å². The molecule has 34 heavy (non-hydrogen) atoms. The van der Waals surface area contributed by atoms with Gasteiger partial charge in [-0.3, -0.25) is 20.2 Å². The van der Waals surface area contributed by atoms with E-state index in [-0.39, 0.29) is 23.8 Å². The fourth-order valence-electron chi connectivity index (χ4n) is 3.57. The lowest BCUT2D eigenvalue weighted by atomic mass is 10.1. The molecular formula is C23H26N4O6S. The van der Waals surface area contributed by atoms with Crippen molar-refractivity contribution in [3.63, 3.8) is 0 Å². The second kappa shape index (κ2) is 11.4. The van der Waals surface area contributed by atoms with Crippen molar-refractivity contribution in [2.75, 3.05) is 44.3 Å². The molecule has 0 bridgehead atoms. The number of thiocarbonyl (C=S) groups is 1. The number of amides is 1. The molecule has 1 aliphatic heterocycles. The Hall–Kier alpha value is -3.73. The zero-order valence-corrected chi connectivity index (χ0v) is 19.8. The highest BCUT2D eigenvalue weighted by Gasteiger charge is 2.26. The molecule has 11 heteroatoms. The first-order chi connectivity index (χ1) is 16.3. The van der Waals surface area contributed by atoms with E-state index < -0.39 is 10.9 Å². The van der Waals surface area contributed by atoms with Crippen molar-refractivity contribution >= 4 is 40.6 Å². The largest absolute Gasteiger partial charge is 0.494 e. The zero-order chi connectivity index (χ0) is 24.7. The van der Waals surface area contributed by atoms with Crippen molar-refractivity contribution in [2.45, 2.75) is 13.8 Å². The number of carbonyl (C=O) groups excluding carboxylic acids is 2. The van der Waals surface area contributed by atoms with Crippen LogP contribution in [0, 0.1) is 10.1 Å². The SMILES string of the molecule is CCOC(=O)c1ccc(N2CCN(C(=S)NC(=O)c3cccc(OCC)c3)CC2)c([N+](=O)[O-])c1. The first-order valence-corrected chi connectivity index (χ1v) is 11.3. The molecule has 1 amide bonds. The minimum Gasteiger partial charge on any atom is -0.494 e. The van der Waals surface area contributed by atoms with E-state index in [1.807, 2.05) is 16.7 Å². The highest BCUT2D eigenvalue weighted by atomic mass is 32.1. The number of nitro groups is 1. The molecular weight excluding hydrogens is 460 g/mol. The number of carbonyl (C=O) groups is 2. The summed E-state index contributed by atoms with van der Waals surface area (Å²) in [5, 5.41) is 14.7. The van der Waals surface area contributed by atoms with Gasteiger partial charge in [0.25, 0.3) is 11.6 Å². The Morgan fingerprint density at radius 2 is 1.79 bits per heavy atom. The third kappa shape index (κ3) is 5.98. The number of nitrogens with one attached hydrogen (secondary N) is 1. The lowest BCUT2D eigenvalue weighted by Gasteiger charge is -2.37. The summed E-state index contributed by atoms with van der Waals surface area (Å²) in [5.41, 5.74) is 0.821. The molecule has 0 aliphatic carbocycles. The molecule has 1 heterocycles. The topological polar surface area (TPSA) is 114 Å². The number of nitro benzene ring substituents is 1. The molecule has 180 valence electrons. The smallest absolute Gasteiger partial charge is 0.338 e. The van der Waals surface area contributed by atoms with Gasteiger partial charge in [-0.05, 0) is 56.4 Å². The van der Waals surface area contributed by atoms with Gasteiger partial charge in [0.15, 0.2) is 5.11 Å². The number of piperazine rings is 1. The van der Waals surface area contributed by atoms with E-state index >= 15 is 0 Å². The van der Waals surface area contributed by atoms with Crippen molar-refractivity contribution in [1.82, 2.24) is 10.2 Å². The number of nitrogens with zero attached hydrogens (tertiary/aromatic N) is 3.